The van der Waals surface area contributed by atoms with Gasteiger partial charge in [0.2, 0.25) is 5.91 Å². The van der Waals surface area contributed by atoms with Crippen LogP contribution >= 0.6 is 0 Å². The summed E-state index contributed by atoms with van der Waals surface area (Å²) in [5.74, 6) is 0.680. The number of guanidine groups is 1. The Labute approximate surface area is 146 Å². The minimum Gasteiger partial charge on any atom is -0.356 e. The van der Waals surface area contributed by atoms with Crippen LogP contribution in [0.3, 0.4) is 0 Å². The lowest BCUT2D eigenvalue weighted by molar-refractivity contribution is -0.116. The van der Waals surface area contributed by atoms with Gasteiger partial charge in [0.1, 0.15) is 11.6 Å². The molecule has 2 aromatic rings. The summed E-state index contributed by atoms with van der Waals surface area (Å²) in [6, 6.07) is 11.8. The first-order valence-electron chi connectivity index (χ1n) is 7.99. The number of aliphatic imine (C=N–C) groups is 1. The number of hydrogen-bond donors (Lipinski definition) is 3. The van der Waals surface area contributed by atoms with Crippen LogP contribution in [-0.4, -0.2) is 30.4 Å². The predicted molar refractivity (Wildman–Crippen MR) is 96.8 cm³/mol. The third kappa shape index (κ3) is 6.58. The van der Waals surface area contributed by atoms with E-state index in [1.54, 1.807) is 19.2 Å². The van der Waals surface area contributed by atoms with E-state index in [0.29, 0.717) is 24.9 Å². The van der Waals surface area contributed by atoms with Gasteiger partial charge in [0, 0.05) is 32.3 Å². The van der Waals surface area contributed by atoms with Crippen molar-refractivity contribution in [3.8, 4) is 0 Å². The number of nitrogens with one attached hydrogen (secondary N) is 3. The van der Waals surface area contributed by atoms with Crippen LogP contribution in [0.4, 0.5) is 10.2 Å². The maximum atomic E-state index is 13.1. The minimum atomic E-state index is -0.274. The van der Waals surface area contributed by atoms with E-state index >= 15 is 0 Å². The number of aryl methyl sites for hydroxylation is 1. The zero-order chi connectivity index (χ0) is 18.1. The van der Waals surface area contributed by atoms with Crippen LogP contribution in [0.15, 0.2) is 47.5 Å². The standard InChI is InChI=1S/C18H22FN5O/c1-13-5-3-8-16(23-13)24-17(25)9-10-21-18(20-2)22-12-14-6-4-7-15(19)11-14/h3-8,11H,9-10,12H2,1-2H3,(H2,20,21,22)(H,23,24,25). The first kappa shape index (κ1) is 18.4. The van der Waals surface area contributed by atoms with E-state index in [2.05, 4.69) is 25.9 Å². The van der Waals surface area contributed by atoms with E-state index in [1.807, 2.05) is 25.1 Å². The third-order valence-corrected chi connectivity index (χ3v) is 3.37. The number of anilines is 1. The quantitative estimate of drug-likeness (QED) is 0.555. The molecule has 0 atom stereocenters. The molecule has 0 saturated carbocycles. The van der Waals surface area contributed by atoms with Gasteiger partial charge in [-0.25, -0.2) is 9.37 Å². The molecule has 0 spiro atoms. The van der Waals surface area contributed by atoms with Gasteiger partial charge >= 0.3 is 0 Å². The number of rotatable bonds is 6. The fourth-order valence-electron chi connectivity index (χ4n) is 2.17. The van der Waals surface area contributed by atoms with Gasteiger partial charge in [0.05, 0.1) is 0 Å². The summed E-state index contributed by atoms with van der Waals surface area (Å²) in [5.41, 5.74) is 1.66. The zero-order valence-corrected chi connectivity index (χ0v) is 14.3. The summed E-state index contributed by atoms with van der Waals surface area (Å²) in [6.07, 6.45) is 0.274. The van der Waals surface area contributed by atoms with Crippen LogP contribution in [0.1, 0.15) is 17.7 Å². The van der Waals surface area contributed by atoms with Gasteiger partial charge < -0.3 is 16.0 Å². The molecule has 0 aliphatic carbocycles. The second-order valence-corrected chi connectivity index (χ2v) is 5.44. The molecule has 1 aromatic heterocycles. The highest BCUT2D eigenvalue weighted by Gasteiger charge is 2.05. The Morgan fingerprint density at radius 2 is 2.00 bits per heavy atom. The molecule has 2 rings (SSSR count). The second kappa shape index (κ2) is 9.36. The molecule has 1 amide bonds. The summed E-state index contributed by atoms with van der Waals surface area (Å²) < 4.78 is 13.1. The fourth-order valence-corrected chi connectivity index (χ4v) is 2.17. The average Bonchev–Trinajstić information content (AvgIpc) is 2.58. The highest BCUT2D eigenvalue weighted by atomic mass is 19.1. The lowest BCUT2D eigenvalue weighted by atomic mass is 10.2. The number of amides is 1. The number of hydrogen-bond acceptors (Lipinski definition) is 3. The van der Waals surface area contributed by atoms with Crippen molar-refractivity contribution in [1.82, 2.24) is 15.6 Å². The number of nitrogens with zero attached hydrogens (tertiary/aromatic N) is 2. The number of carbonyl (C=O) groups excluding carboxylic acids is 1. The lowest BCUT2D eigenvalue weighted by Gasteiger charge is -2.12. The molecule has 7 heteroatoms. The minimum absolute atomic E-state index is 0.133. The lowest BCUT2D eigenvalue weighted by Crippen LogP contribution is -2.38. The summed E-state index contributed by atoms with van der Waals surface area (Å²) >= 11 is 0. The number of aromatic nitrogens is 1. The molecule has 132 valence electrons. The van der Waals surface area contributed by atoms with E-state index in [4.69, 9.17) is 0 Å². The van der Waals surface area contributed by atoms with Gasteiger partial charge in [-0.2, -0.15) is 0 Å². The van der Waals surface area contributed by atoms with Gasteiger partial charge in [-0.15, -0.1) is 0 Å². The number of benzene rings is 1. The van der Waals surface area contributed by atoms with Crippen molar-refractivity contribution in [2.75, 3.05) is 18.9 Å². The van der Waals surface area contributed by atoms with Gasteiger partial charge in [-0.05, 0) is 36.8 Å². The van der Waals surface area contributed by atoms with Gasteiger partial charge in [0.25, 0.3) is 0 Å². The van der Waals surface area contributed by atoms with Crippen LogP contribution in [0.2, 0.25) is 0 Å². The van der Waals surface area contributed by atoms with Crippen molar-refractivity contribution in [2.24, 2.45) is 4.99 Å². The van der Waals surface area contributed by atoms with Crippen molar-refractivity contribution < 1.29 is 9.18 Å². The second-order valence-electron chi connectivity index (χ2n) is 5.44. The van der Waals surface area contributed by atoms with Gasteiger partial charge in [-0.1, -0.05) is 18.2 Å². The number of halogens is 1. The van der Waals surface area contributed by atoms with Gasteiger partial charge in [-0.3, -0.25) is 9.79 Å². The maximum Gasteiger partial charge on any atom is 0.227 e. The Morgan fingerprint density at radius 3 is 2.72 bits per heavy atom. The van der Waals surface area contributed by atoms with Crippen LogP contribution in [0, 0.1) is 12.7 Å². The molecule has 0 radical (unpaired) electrons. The van der Waals surface area contributed by atoms with E-state index < -0.39 is 0 Å². The normalized spacial score (nSPS) is 11.1. The molecule has 0 aliphatic rings. The van der Waals surface area contributed by atoms with Crippen molar-refractivity contribution in [3.63, 3.8) is 0 Å². The SMILES string of the molecule is CN=C(NCCC(=O)Nc1cccc(C)n1)NCc1cccc(F)c1. The Hall–Kier alpha value is -2.96. The molecule has 25 heavy (non-hydrogen) atoms. The van der Waals surface area contributed by atoms with Crippen LogP contribution in [-0.2, 0) is 11.3 Å². The molecule has 0 saturated heterocycles. The molecule has 6 nitrogen and oxygen atoms in total. The van der Waals surface area contributed by atoms with Crippen molar-refractivity contribution >= 4 is 17.7 Å². The first-order valence-corrected chi connectivity index (χ1v) is 7.99. The Bertz CT molecular complexity index is 748. The fraction of sp³-hybridized carbons (Fsp3) is 0.278. The summed E-state index contributed by atoms with van der Waals surface area (Å²) in [6.45, 7) is 2.72. The van der Waals surface area contributed by atoms with Gasteiger partial charge in [0.15, 0.2) is 5.96 Å². The Kier molecular flexibility index (Phi) is 6.88. The molecule has 0 unspecified atom stereocenters. The molecular formula is C18H22FN5O. The molecule has 0 bridgehead atoms. The monoisotopic (exact) mass is 343 g/mol. The van der Waals surface area contributed by atoms with E-state index in [9.17, 15) is 9.18 Å². The summed E-state index contributed by atoms with van der Waals surface area (Å²) in [7, 11) is 1.64. The van der Waals surface area contributed by atoms with E-state index in [1.165, 1.54) is 12.1 Å². The highest BCUT2D eigenvalue weighted by Crippen LogP contribution is 2.04. The van der Waals surface area contributed by atoms with Crippen LogP contribution in [0.25, 0.3) is 0 Å². The topological polar surface area (TPSA) is 78.4 Å². The van der Waals surface area contributed by atoms with Crippen molar-refractivity contribution in [2.45, 2.75) is 19.9 Å². The van der Waals surface area contributed by atoms with E-state index in [0.717, 1.165) is 11.3 Å². The molecule has 0 aliphatic heterocycles. The largest absolute Gasteiger partial charge is 0.356 e. The van der Waals surface area contributed by atoms with Crippen molar-refractivity contribution in [1.29, 1.82) is 0 Å². The summed E-state index contributed by atoms with van der Waals surface area (Å²) in [5, 5.41) is 8.86. The smallest absolute Gasteiger partial charge is 0.227 e. The third-order valence-electron chi connectivity index (χ3n) is 3.37. The summed E-state index contributed by atoms with van der Waals surface area (Å²) in [4.78, 5) is 20.2. The van der Waals surface area contributed by atoms with Crippen molar-refractivity contribution in [3.05, 3.63) is 59.5 Å². The first-order chi connectivity index (χ1) is 12.1. The predicted octanol–water partition coefficient (Wildman–Crippen LogP) is 2.22. The molecule has 3 N–H and O–H groups in total. The van der Waals surface area contributed by atoms with Crippen LogP contribution < -0.4 is 16.0 Å². The average molecular weight is 343 g/mol. The molecule has 1 aromatic carbocycles. The zero-order valence-electron chi connectivity index (χ0n) is 14.3. The molecular weight excluding hydrogens is 321 g/mol. The maximum absolute atomic E-state index is 13.1. The number of pyridine rings is 1. The molecule has 1 heterocycles. The number of carbonyl (C=O) groups is 1. The Balaban J connectivity index is 1.72. The van der Waals surface area contributed by atoms with Crippen LogP contribution in [0.5, 0.6) is 0 Å². The highest BCUT2D eigenvalue weighted by molar-refractivity contribution is 5.90. The molecule has 0 fully saturated rings. The van der Waals surface area contributed by atoms with E-state index in [-0.39, 0.29) is 18.1 Å². The Morgan fingerprint density at radius 1 is 1.20 bits per heavy atom.